The molecule has 0 aromatic carbocycles. The maximum atomic E-state index is 12.6. The first-order chi connectivity index (χ1) is 5.13. The average molecular weight is 159 g/mol. The van der Waals surface area contributed by atoms with E-state index in [0.717, 1.165) is 6.42 Å². The number of carbonyl (C=O) groups is 1. The van der Waals surface area contributed by atoms with Gasteiger partial charge in [-0.05, 0) is 13.3 Å². The normalized spacial score (nSPS) is 12.4. The predicted molar refractivity (Wildman–Crippen MR) is 42.8 cm³/mol. The molecule has 0 unspecified atom stereocenters. The summed E-state index contributed by atoms with van der Waals surface area (Å²) in [5.74, 6) is -0.696. The Balaban J connectivity index is 4.36. The number of allylic oxidation sites excluding steroid dienone is 1. The van der Waals surface area contributed by atoms with E-state index >= 15 is 0 Å². The molecule has 0 bridgehead atoms. The summed E-state index contributed by atoms with van der Waals surface area (Å²) in [6.45, 7) is 3.21. The summed E-state index contributed by atoms with van der Waals surface area (Å²) in [4.78, 5) is 10.9. The third kappa shape index (κ3) is 3.16. The molecule has 0 aliphatic rings. The fraction of sp³-hybridized carbons (Fsp3) is 0.625. The molecule has 64 valence electrons. The van der Waals surface area contributed by atoms with Crippen LogP contribution in [0.5, 0.6) is 0 Å². The Morgan fingerprint density at radius 2 is 2.09 bits per heavy atom. The molecule has 0 aromatic heterocycles. The van der Waals surface area contributed by atoms with E-state index in [0.29, 0.717) is 6.42 Å². The van der Waals surface area contributed by atoms with Gasteiger partial charge in [0.1, 0.15) is 5.83 Å². The smallest absolute Gasteiger partial charge is 0.249 e. The number of likely N-dealkylation sites (N-methyl/N-ethyl adjacent to an activating group) is 1. The van der Waals surface area contributed by atoms with Crippen molar-refractivity contribution in [2.24, 2.45) is 0 Å². The summed E-state index contributed by atoms with van der Waals surface area (Å²) < 4.78 is 12.6. The van der Waals surface area contributed by atoms with Gasteiger partial charge in [0.05, 0.1) is 0 Å². The third-order valence-corrected chi connectivity index (χ3v) is 1.42. The molecule has 1 amide bonds. The lowest BCUT2D eigenvalue weighted by Gasteiger charge is -2.03. The molecule has 0 aromatic rings. The molecule has 0 rings (SSSR count). The minimum atomic E-state index is -0.383. The van der Waals surface area contributed by atoms with Crippen molar-refractivity contribution in [2.75, 3.05) is 7.05 Å². The van der Waals surface area contributed by atoms with Crippen molar-refractivity contribution in [3.63, 3.8) is 0 Å². The van der Waals surface area contributed by atoms with Crippen LogP contribution in [0.25, 0.3) is 0 Å². The molecule has 0 radical (unpaired) electrons. The first-order valence-electron chi connectivity index (χ1n) is 3.70. The predicted octanol–water partition coefficient (Wildman–Crippen LogP) is 1.78. The van der Waals surface area contributed by atoms with Crippen molar-refractivity contribution in [3.8, 4) is 0 Å². The number of nitrogens with one attached hydrogen (secondary N) is 1. The van der Waals surface area contributed by atoms with Crippen molar-refractivity contribution >= 4 is 5.91 Å². The van der Waals surface area contributed by atoms with E-state index in [-0.39, 0.29) is 17.3 Å². The first kappa shape index (κ1) is 10.1. The lowest BCUT2D eigenvalue weighted by molar-refractivity contribution is -0.117. The highest BCUT2D eigenvalue weighted by atomic mass is 19.1. The molecule has 0 saturated carbocycles. The van der Waals surface area contributed by atoms with Gasteiger partial charge >= 0.3 is 0 Å². The van der Waals surface area contributed by atoms with E-state index in [4.69, 9.17) is 0 Å². The Kier molecular flexibility index (Phi) is 4.50. The van der Waals surface area contributed by atoms with Gasteiger partial charge < -0.3 is 5.32 Å². The van der Waals surface area contributed by atoms with Gasteiger partial charge in [-0.2, -0.15) is 0 Å². The first-order valence-corrected chi connectivity index (χ1v) is 3.70. The number of rotatable bonds is 3. The largest absolute Gasteiger partial charge is 0.355 e. The van der Waals surface area contributed by atoms with Crippen molar-refractivity contribution in [2.45, 2.75) is 26.7 Å². The van der Waals surface area contributed by atoms with E-state index in [1.54, 1.807) is 0 Å². The minimum absolute atomic E-state index is 0.259. The van der Waals surface area contributed by atoms with Gasteiger partial charge in [0, 0.05) is 12.6 Å². The zero-order valence-corrected chi connectivity index (χ0v) is 7.20. The van der Waals surface area contributed by atoms with Gasteiger partial charge in [-0.25, -0.2) is 4.39 Å². The van der Waals surface area contributed by atoms with Gasteiger partial charge in [0.2, 0.25) is 5.91 Å². The maximum absolute atomic E-state index is 12.6. The van der Waals surface area contributed by atoms with Crippen LogP contribution in [-0.2, 0) is 4.79 Å². The Bertz CT molecular complexity index is 171. The summed E-state index contributed by atoms with van der Waals surface area (Å²) in [6.07, 6.45) is 1.28. The van der Waals surface area contributed by atoms with Crippen LogP contribution in [0.15, 0.2) is 11.4 Å². The van der Waals surface area contributed by atoms with E-state index in [1.807, 2.05) is 6.92 Å². The van der Waals surface area contributed by atoms with E-state index in [9.17, 15) is 9.18 Å². The van der Waals surface area contributed by atoms with Crippen molar-refractivity contribution in [1.29, 1.82) is 0 Å². The van der Waals surface area contributed by atoms with Crippen molar-refractivity contribution in [3.05, 3.63) is 11.4 Å². The highest BCUT2D eigenvalue weighted by Gasteiger charge is 2.09. The van der Waals surface area contributed by atoms with Crippen molar-refractivity contribution in [1.82, 2.24) is 5.32 Å². The van der Waals surface area contributed by atoms with Crippen LogP contribution in [0.2, 0.25) is 0 Å². The summed E-state index contributed by atoms with van der Waals surface area (Å²) in [7, 11) is 1.50. The molecule has 0 saturated heterocycles. The molecule has 0 aliphatic heterocycles. The fourth-order valence-corrected chi connectivity index (χ4v) is 0.843. The quantitative estimate of drug-likeness (QED) is 0.625. The molecule has 0 atom stereocenters. The van der Waals surface area contributed by atoms with Crippen LogP contribution in [0.3, 0.4) is 0 Å². The molecule has 3 heteroatoms. The van der Waals surface area contributed by atoms with Crippen LogP contribution < -0.4 is 5.32 Å². The molecule has 2 nitrogen and oxygen atoms in total. The zero-order valence-electron chi connectivity index (χ0n) is 7.20. The number of carbonyl (C=O) groups excluding carboxylic acids is 1. The van der Waals surface area contributed by atoms with Gasteiger partial charge in [0.25, 0.3) is 0 Å². The topological polar surface area (TPSA) is 29.1 Å². The minimum Gasteiger partial charge on any atom is -0.355 e. The van der Waals surface area contributed by atoms with Gasteiger partial charge in [-0.15, -0.1) is 0 Å². The zero-order chi connectivity index (χ0) is 8.85. The number of hydrogen-bond acceptors (Lipinski definition) is 1. The van der Waals surface area contributed by atoms with Crippen LogP contribution in [0.4, 0.5) is 4.39 Å². The van der Waals surface area contributed by atoms with Gasteiger partial charge in [-0.1, -0.05) is 13.3 Å². The standard InChI is InChI=1S/C8H14FNO/c1-4-5-7(6(2)9)8(11)10-3/h4-5H2,1-3H3,(H,10,11)/b7-6-. The van der Waals surface area contributed by atoms with Crippen molar-refractivity contribution < 1.29 is 9.18 Å². The number of amides is 1. The Labute approximate surface area is 66.5 Å². The lowest BCUT2D eigenvalue weighted by Crippen LogP contribution is -2.20. The van der Waals surface area contributed by atoms with E-state index < -0.39 is 0 Å². The molecule has 0 heterocycles. The number of hydrogen-bond donors (Lipinski definition) is 1. The van der Waals surface area contributed by atoms with E-state index in [1.165, 1.54) is 14.0 Å². The maximum Gasteiger partial charge on any atom is 0.249 e. The molecular formula is C8H14FNO. The Hall–Kier alpha value is -0.860. The monoisotopic (exact) mass is 159 g/mol. The fourth-order valence-electron chi connectivity index (χ4n) is 0.843. The highest BCUT2D eigenvalue weighted by molar-refractivity contribution is 5.93. The summed E-state index contributed by atoms with van der Waals surface area (Å²) >= 11 is 0. The number of halogens is 1. The Morgan fingerprint density at radius 3 is 2.36 bits per heavy atom. The lowest BCUT2D eigenvalue weighted by atomic mass is 10.1. The Morgan fingerprint density at radius 1 is 1.55 bits per heavy atom. The van der Waals surface area contributed by atoms with Gasteiger partial charge in [0.15, 0.2) is 0 Å². The summed E-state index contributed by atoms with van der Waals surface area (Å²) in [5, 5.41) is 2.39. The third-order valence-electron chi connectivity index (χ3n) is 1.42. The summed E-state index contributed by atoms with van der Waals surface area (Å²) in [5.41, 5.74) is 0.259. The van der Waals surface area contributed by atoms with Gasteiger partial charge in [-0.3, -0.25) is 4.79 Å². The second kappa shape index (κ2) is 4.88. The second-order valence-electron chi connectivity index (χ2n) is 2.34. The molecule has 0 spiro atoms. The molecule has 1 N–H and O–H groups in total. The molecular weight excluding hydrogens is 145 g/mol. The average Bonchev–Trinajstić information content (AvgIpc) is 1.98. The highest BCUT2D eigenvalue weighted by Crippen LogP contribution is 2.11. The summed E-state index contributed by atoms with van der Waals surface area (Å²) in [6, 6.07) is 0. The molecule has 11 heavy (non-hydrogen) atoms. The van der Waals surface area contributed by atoms with Crippen LogP contribution in [-0.4, -0.2) is 13.0 Å². The van der Waals surface area contributed by atoms with Crippen LogP contribution in [0.1, 0.15) is 26.7 Å². The van der Waals surface area contributed by atoms with Crippen LogP contribution >= 0.6 is 0 Å². The SMILES string of the molecule is CCC/C(C(=O)NC)=C(\C)F. The molecule has 0 aliphatic carbocycles. The molecule has 0 fully saturated rings. The van der Waals surface area contributed by atoms with E-state index in [2.05, 4.69) is 5.32 Å². The second-order valence-corrected chi connectivity index (χ2v) is 2.34. The van der Waals surface area contributed by atoms with Crippen LogP contribution in [0, 0.1) is 0 Å².